The summed E-state index contributed by atoms with van der Waals surface area (Å²) in [5, 5.41) is 15.3. The first-order valence-electron chi connectivity index (χ1n) is 18.3. The lowest BCUT2D eigenvalue weighted by Gasteiger charge is -2.22. The van der Waals surface area contributed by atoms with Crippen LogP contribution in [0.15, 0.2) is 73.1 Å². The molecular formula is C41H53N5O5S. The third-order valence-electron chi connectivity index (χ3n) is 8.76. The number of carbonyl (C=O) groups excluding carboxylic acids is 2. The first kappa shape index (κ1) is 40.2. The number of nitrogens with two attached hydrogens (primary N) is 1. The highest BCUT2D eigenvalue weighted by Crippen LogP contribution is 2.30. The Hall–Kier alpha value is -4.61. The molecule has 278 valence electrons. The number of hydrogen-bond donors (Lipinski definition) is 4. The highest BCUT2D eigenvalue weighted by molar-refractivity contribution is 7.14. The molecule has 52 heavy (non-hydrogen) atoms. The standard InChI is InChI=1S/C41H53N5O5S/c1-5-6-7-8-11-24-51-32-19-17-29(18-20-32)31-26-43-37(44-27-31)30-15-13-28(14-16-30)25-34(38(47)45-33(40(49)50)12-9-10-23-42)46-39(48)35-21-22-36(52-35)41(2,3)4/h13-22,26-27,33-34H,5-12,23-25,42H2,1-4H3,(H,45,47)(H,46,48)(H,49,50). The number of carboxylic acids is 1. The predicted octanol–water partition coefficient (Wildman–Crippen LogP) is 7.56. The van der Waals surface area contributed by atoms with E-state index in [1.54, 1.807) is 18.5 Å². The van der Waals surface area contributed by atoms with Crippen LogP contribution in [0.4, 0.5) is 0 Å². The Kier molecular flexibility index (Phi) is 15.3. The van der Waals surface area contributed by atoms with E-state index in [1.165, 1.54) is 37.0 Å². The van der Waals surface area contributed by atoms with E-state index in [9.17, 15) is 19.5 Å². The van der Waals surface area contributed by atoms with E-state index < -0.39 is 24.0 Å². The Labute approximate surface area is 311 Å². The topological polar surface area (TPSA) is 157 Å². The number of nitrogens with one attached hydrogen (secondary N) is 2. The molecule has 2 unspecified atom stereocenters. The molecule has 2 aromatic carbocycles. The molecule has 2 amide bonds. The summed E-state index contributed by atoms with van der Waals surface area (Å²) in [5.41, 5.74) is 8.90. The van der Waals surface area contributed by atoms with Gasteiger partial charge in [0.15, 0.2) is 5.82 Å². The molecule has 2 atom stereocenters. The molecule has 0 saturated heterocycles. The number of carbonyl (C=O) groups is 3. The summed E-state index contributed by atoms with van der Waals surface area (Å²) in [6, 6.07) is 17.0. The van der Waals surface area contributed by atoms with Gasteiger partial charge in [0.2, 0.25) is 5.91 Å². The Bertz CT molecular complexity index is 1720. The summed E-state index contributed by atoms with van der Waals surface area (Å²) < 4.78 is 5.89. The number of ether oxygens (including phenoxy) is 1. The van der Waals surface area contributed by atoms with Crippen LogP contribution in [0.25, 0.3) is 22.5 Å². The van der Waals surface area contributed by atoms with Crippen LogP contribution in [0.5, 0.6) is 5.75 Å². The summed E-state index contributed by atoms with van der Waals surface area (Å²) in [4.78, 5) is 49.6. The van der Waals surface area contributed by atoms with E-state index in [1.807, 2.05) is 54.6 Å². The third kappa shape index (κ3) is 12.3. The minimum atomic E-state index is -1.13. The Balaban J connectivity index is 1.43. The van der Waals surface area contributed by atoms with Gasteiger partial charge in [-0.1, -0.05) is 89.8 Å². The van der Waals surface area contributed by atoms with Gasteiger partial charge in [0.1, 0.15) is 17.8 Å². The van der Waals surface area contributed by atoms with Crippen molar-refractivity contribution in [2.24, 2.45) is 5.73 Å². The van der Waals surface area contributed by atoms with Crippen LogP contribution < -0.4 is 21.1 Å². The van der Waals surface area contributed by atoms with E-state index >= 15 is 0 Å². The Morgan fingerprint density at radius 3 is 2.10 bits per heavy atom. The largest absolute Gasteiger partial charge is 0.494 e. The van der Waals surface area contributed by atoms with Crippen molar-refractivity contribution in [3.05, 3.63) is 88.4 Å². The van der Waals surface area contributed by atoms with Crippen molar-refractivity contribution in [2.45, 2.75) is 103 Å². The molecule has 5 N–H and O–H groups in total. The highest BCUT2D eigenvalue weighted by Gasteiger charge is 2.28. The molecule has 0 bridgehead atoms. The normalized spacial score (nSPS) is 12.6. The van der Waals surface area contributed by atoms with Crippen LogP contribution >= 0.6 is 11.3 Å². The average Bonchev–Trinajstić information content (AvgIpc) is 3.65. The van der Waals surface area contributed by atoms with Gasteiger partial charge in [-0.25, -0.2) is 14.8 Å². The minimum absolute atomic E-state index is 0.127. The second-order valence-electron chi connectivity index (χ2n) is 14.1. The van der Waals surface area contributed by atoms with Crippen molar-refractivity contribution < 1.29 is 24.2 Å². The summed E-state index contributed by atoms with van der Waals surface area (Å²) in [6.07, 6.45) is 11.2. The molecule has 0 aliphatic heterocycles. The van der Waals surface area contributed by atoms with Crippen molar-refractivity contribution in [3.63, 3.8) is 0 Å². The molecule has 2 heterocycles. The molecule has 0 aliphatic carbocycles. The van der Waals surface area contributed by atoms with Gasteiger partial charge in [-0.3, -0.25) is 9.59 Å². The molecule has 0 fully saturated rings. The first-order valence-corrected chi connectivity index (χ1v) is 19.1. The van der Waals surface area contributed by atoms with Gasteiger partial charge in [0.05, 0.1) is 11.5 Å². The third-order valence-corrected chi connectivity index (χ3v) is 10.3. The summed E-state index contributed by atoms with van der Waals surface area (Å²) in [5.74, 6) is -0.683. The number of nitrogens with zero attached hydrogens (tertiary/aromatic N) is 2. The number of unbranched alkanes of at least 4 members (excludes halogenated alkanes) is 5. The molecule has 0 radical (unpaired) electrons. The van der Waals surface area contributed by atoms with Gasteiger partial charge < -0.3 is 26.2 Å². The molecule has 0 spiro atoms. The van der Waals surface area contributed by atoms with E-state index in [0.717, 1.165) is 45.9 Å². The van der Waals surface area contributed by atoms with Crippen LogP contribution in [-0.4, -0.2) is 58.1 Å². The molecule has 11 heteroatoms. The minimum Gasteiger partial charge on any atom is -0.494 e. The van der Waals surface area contributed by atoms with Gasteiger partial charge in [0.25, 0.3) is 5.91 Å². The van der Waals surface area contributed by atoms with Crippen LogP contribution in [0, 0.1) is 0 Å². The quantitative estimate of drug-likeness (QED) is 0.0680. The lowest BCUT2D eigenvalue weighted by Crippen LogP contribution is -2.52. The SMILES string of the molecule is CCCCCCCOc1ccc(-c2cnc(-c3ccc(CC(NC(=O)c4ccc(C(C)(C)C)s4)C(=O)NC(CCCCN)C(=O)O)cc3)nc2)cc1. The number of amides is 2. The number of benzene rings is 2. The predicted molar refractivity (Wildman–Crippen MR) is 208 cm³/mol. The smallest absolute Gasteiger partial charge is 0.326 e. The second kappa shape index (κ2) is 19.8. The van der Waals surface area contributed by atoms with Crippen molar-refractivity contribution in [2.75, 3.05) is 13.2 Å². The van der Waals surface area contributed by atoms with E-state index in [2.05, 4.69) is 48.3 Å². The summed E-state index contributed by atoms with van der Waals surface area (Å²) >= 11 is 1.38. The number of aromatic nitrogens is 2. The van der Waals surface area contributed by atoms with Gasteiger partial charge in [0, 0.05) is 34.8 Å². The fraction of sp³-hybridized carbons (Fsp3) is 0.439. The molecule has 2 aromatic heterocycles. The van der Waals surface area contributed by atoms with Crippen molar-refractivity contribution in [1.82, 2.24) is 20.6 Å². The lowest BCUT2D eigenvalue weighted by molar-refractivity contribution is -0.142. The molecule has 4 aromatic rings. The van der Waals surface area contributed by atoms with Crippen molar-refractivity contribution in [1.29, 1.82) is 0 Å². The number of carboxylic acid groups (broad SMARTS) is 1. The van der Waals surface area contributed by atoms with Crippen molar-refractivity contribution >= 4 is 29.1 Å². The fourth-order valence-corrected chi connectivity index (χ4v) is 6.58. The molecule has 4 rings (SSSR count). The number of hydrogen-bond acceptors (Lipinski definition) is 8. The summed E-state index contributed by atoms with van der Waals surface area (Å²) in [7, 11) is 0. The van der Waals surface area contributed by atoms with Gasteiger partial charge >= 0.3 is 5.97 Å². The molecule has 0 aliphatic rings. The van der Waals surface area contributed by atoms with Crippen LogP contribution in [0.1, 0.15) is 99.2 Å². The lowest BCUT2D eigenvalue weighted by atomic mass is 9.95. The van der Waals surface area contributed by atoms with Gasteiger partial charge in [-0.05, 0) is 73.0 Å². The maximum Gasteiger partial charge on any atom is 0.326 e. The maximum absolute atomic E-state index is 13.5. The second-order valence-corrected chi connectivity index (χ2v) is 15.2. The number of rotatable bonds is 20. The number of thiophene rings is 1. The fourth-order valence-electron chi connectivity index (χ4n) is 5.62. The first-order chi connectivity index (χ1) is 25.0. The van der Waals surface area contributed by atoms with Gasteiger partial charge in [-0.2, -0.15) is 0 Å². The van der Waals surface area contributed by atoms with E-state index in [-0.39, 0.29) is 24.2 Å². The van der Waals surface area contributed by atoms with Crippen LogP contribution in [0.3, 0.4) is 0 Å². The average molecular weight is 728 g/mol. The van der Waals surface area contributed by atoms with Gasteiger partial charge in [-0.15, -0.1) is 11.3 Å². The van der Waals surface area contributed by atoms with Crippen LogP contribution in [0.2, 0.25) is 0 Å². The van der Waals surface area contributed by atoms with E-state index in [0.29, 0.717) is 30.1 Å². The monoisotopic (exact) mass is 727 g/mol. The summed E-state index contributed by atoms with van der Waals surface area (Å²) in [6.45, 7) is 9.58. The van der Waals surface area contributed by atoms with Crippen molar-refractivity contribution in [3.8, 4) is 28.3 Å². The molecule has 10 nitrogen and oxygen atoms in total. The Morgan fingerprint density at radius 2 is 1.48 bits per heavy atom. The maximum atomic E-state index is 13.5. The zero-order valence-electron chi connectivity index (χ0n) is 30.8. The molecular weight excluding hydrogens is 675 g/mol. The number of aliphatic carboxylic acids is 1. The zero-order chi connectivity index (χ0) is 37.5. The molecule has 0 saturated carbocycles. The van der Waals surface area contributed by atoms with Crippen LogP contribution in [-0.2, 0) is 21.4 Å². The zero-order valence-corrected chi connectivity index (χ0v) is 31.6. The Morgan fingerprint density at radius 1 is 0.808 bits per heavy atom. The van der Waals surface area contributed by atoms with E-state index in [4.69, 9.17) is 10.5 Å². The highest BCUT2D eigenvalue weighted by atomic mass is 32.1.